The summed E-state index contributed by atoms with van der Waals surface area (Å²) < 4.78 is 11.4. The van der Waals surface area contributed by atoms with Crippen LogP contribution in [0, 0.1) is 0 Å². The lowest BCUT2D eigenvalue weighted by Gasteiger charge is -2.12. The van der Waals surface area contributed by atoms with Crippen LogP contribution in [0.4, 0.5) is 0 Å². The molecular weight excluding hydrogens is 596 g/mol. The SMILES string of the molecule is O=C(CCCCCCCC(=O)NNC(=O)COc1ccccc1-c1ccccc1)NNC(=O)COc1ccccc1-c1ccccc1. The summed E-state index contributed by atoms with van der Waals surface area (Å²) in [5.74, 6) is -0.341. The highest BCUT2D eigenvalue weighted by Crippen LogP contribution is 2.30. The standard InChI is InChI=1S/C37H40N4O6/c42-34(38-40-36(44)26-46-32-22-14-12-20-30(32)28-16-6-4-7-17-28)24-10-2-1-3-11-25-35(43)39-41-37(45)27-47-33-23-15-13-21-31(33)29-18-8-5-9-19-29/h4-9,12-23H,1-3,10-11,24-27H2,(H,38,42)(H,39,43)(H,40,44)(H,41,45). The number of rotatable bonds is 16. The number of carbonyl (C=O) groups is 4. The quantitative estimate of drug-likeness (QED) is 0.0948. The lowest BCUT2D eigenvalue weighted by Crippen LogP contribution is -2.43. The van der Waals surface area contributed by atoms with Crippen LogP contribution in [0.3, 0.4) is 0 Å². The van der Waals surface area contributed by atoms with Crippen molar-refractivity contribution in [1.29, 1.82) is 0 Å². The number of nitrogens with one attached hydrogen (secondary N) is 4. The van der Waals surface area contributed by atoms with Gasteiger partial charge < -0.3 is 9.47 Å². The van der Waals surface area contributed by atoms with Crippen LogP contribution in [0.5, 0.6) is 11.5 Å². The van der Waals surface area contributed by atoms with E-state index in [0.29, 0.717) is 24.3 Å². The Morgan fingerprint density at radius 2 is 0.745 bits per heavy atom. The molecule has 4 rings (SSSR count). The predicted molar refractivity (Wildman–Crippen MR) is 180 cm³/mol. The van der Waals surface area contributed by atoms with E-state index in [1.807, 2.05) is 97.1 Å². The molecule has 10 nitrogen and oxygen atoms in total. The monoisotopic (exact) mass is 636 g/mol. The van der Waals surface area contributed by atoms with Crippen LogP contribution in [-0.2, 0) is 19.2 Å². The molecule has 0 heterocycles. The van der Waals surface area contributed by atoms with E-state index < -0.39 is 11.8 Å². The summed E-state index contributed by atoms with van der Waals surface area (Å²) in [6, 6.07) is 34.4. The summed E-state index contributed by atoms with van der Waals surface area (Å²) in [6.45, 7) is -0.475. The zero-order valence-corrected chi connectivity index (χ0v) is 26.2. The Hall–Kier alpha value is -5.64. The van der Waals surface area contributed by atoms with Crippen molar-refractivity contribution >= 4 is 23.6 Å². The molecule has 0 aromatic heterocycles. The largest absolute Gasteiger partial charge is 0.483 e. The molecular formula is C37H40N4O6. The van der Waals surface area contributed by atoms with Crippen molar-refractivity contribution in [1.82, 2.24) is 21.7 Å². The van der Waals surface area contributed by atoms with Gasteiger partial charge in [-0.25, -0.2) is 0 Å². The highest BCUT2D eigenvalue weighted by atomic mass is 16.5. The summed E-state index contributed by atoms with van der Waals surface area (Å²) in [7, 11) is 0. The minimum atomic E-state index is -0.461. The number of para-hydroxylation sites is 2. The van der Waals surface area contributed by atoms with Gasteiger partial charge >= 0.3 is 0 Å². The second-order valence-electron chi connectivity index (χ2n) is 10.8. The van der Waals surface area contributed by atoms with Crippen LogP contribution >= 0.6 is 0 Å². The van der Waals surface area contributed by atoms with Gasteiger partial charge in [0.05, 0.1) is 0 Å². The Morgan fingerprint density at radius 1 is 0.404 bits per heavy atom. The van der Waals surface area contributed by atoms with Crippen molar-refractivity contribution in [2.75, 3.05) is 13.2 Å². The summed E-state index contributed by atoms with van der Waals surface area (Å²) >= 11 is 0. The van der Waals surface area contributed by atoms with E-state index in [0.717, 1.165) is 41.5 Å². The van der Waals surface area contributed by atoms with Gasteiger partial charge in [0, 0.05) is 24.0 Å². The Kier molecular flexibility index (Phi) is 13.8. The minimum absolute atomic E-state index is 0.238. The Labute approximate surface area is 274 Å². The second-order valence-corrected chi connectivity index (χ2v) is 10.8. The van der Waals surface area contributed by atoms with Crippen LogP contribution in [0.2, 0.25) is 0 Å². The average molecular weight is 637 g/mol. The molecule has 0 aliphatic rings. The topological polar surface area (TPSA) is 135 Å². The van der Waals surface area contributed by atoms with Gasteiger partial charge in [0.25, 0.3) is 11.8 Å². The van der Waals surface area contributed by atoms with Gasteiger partial charge in [-0.3, -0.25) is 40.9 Å². The number of ether oxygens (including phenoxy) is 2. The molecule has 4 aromatic carbocycles. The van der Waals surface area contributed by atoms with Crippen LogP contribution < -0.4 is 31.2 Å². The number of benzene rings is 4. The van der Waals surface area contributed by atoms with Gasteiger partial charge in [-0.15, -0.1) is 0 Å². The highest BCUT2D eigenvalue weighted by Gasteiger charge is 2.11. The smallest absolute Gasteiger partial charge is 0.276 e. The molecule has 0 aliphatic carbocycles. The van der Waals surface area contributed by atoms with Gasteiger partial charge in [0.1, 0.15) is 11.5 Å². The zero-order chi connectivity index (χ0) is 33.1. The van der Waals surface area contributed by atoms with E-state index in [1.54, 1.807) is 12.1 Å². The first-order valence-electron chi connectivity index (χ1n) is 15.7. The number of hydrazine groups is 2. The summed E-state index contributed by atoms with van der Waals surface area (Å²) in [6.07, 6.45) is 4.30. The number of carbonyl (C=O) groups excluding carboxylic acids is 4. The fourth-order valence-corrected chi connectivity index (χ4v) is 4.76. The van der Waals surface area contributed by atoms with Crippen LogP contribution in [0.15, 0.2) is 109 Å². The van der Waals surface area contributed by atoms with Crippen LogP contribution in [0.1, 0.15) is 44.9 Å². The normalized spacial score (nSPS) is 10.4. The van der Waals surface area contributed by atoms with Gasteiger partial charge in [-0.2, -0.15) is 0 Å². The Bertz CT molecular complexity index is 1480. The first kappa shape index (κ1) is 34.2. The molecule has 0 atom stereocenters. The molecule has 4 amide bonds. The van der Waals surface area contributed by atoms with Crippen molar-refractivity contribution in [3.8, 4) is 33.8 Å². The van der Waals surface area contributed by atoms with Gasteiger partial charge in [0.2, 0.25) is 11.8 Å². The third kappa shape index (κ3) is 12.0. The highest BCUT2D eigenvalue weighted by molar-refractivity contribution is 5.84. The van der Waals surface area contributed by atoms with E-state index in [9.17, 15) is 19.2 Å². The Balaban J connectivity index is 1.00. The van der Waals surface area contributed by atoms with Gasteiger partial charge in [-0.05, 0) is 36.1 Å². The van der Waals surface area contributed by atoms with Gasteiger partial charge in [0.15, 0.2) is 13.2 Å². The number of unbranched alkanes of at least 4 members (excludes halogenated alkanes) is 4. The number of hydrogen-bond donors (Lipinski definition) is 4. The molecule has 0 aliphatic heterocycles. The lowest BCUT2D eigenvalue weighted by molar-refractivity contribution is -0.130. The summed E-state index contributed by atoms with van der Waals surface area (Å²) in [4.78, 5) is 48.6. The predicted octanol–water partition coefficient (Wildman–Crippen LogP) is 5.50. The average Bonchev–Trinajstić information content (AvgIpc) is 3.12. The van der Waals surface area contributed by atoms with Crippen molar-refractivity contribution in [2.24, 2.45) is 0 Å². The van der Waals surface area contributed by atoms with Crippen LogP contribution in [-0.4, -0.2) is 36.8 Å². The first-order valence-corrected chi connectivity index (χ1v) is 15.7. The second kappa shape index (κ2) is 19.0. The molecule has 0 spiro atoms. The summed E-state index contributed by atoms with van der Waals surface area (Å²) in [5.41, 5.74) is 13.3. The fraction of sp³-hybridized carbons (Fsp3) is 0.243. The van der Waals surface area contributed by atoms with E-state index in [1.165, 1.54) is 0 Å². The lowest BCUT2D eigenvalue weighted by atomic mass is 10.1. The van der Waals surface area contributed by atoms with E-state index in [4.69, 9.17) is 9.47 Å². The molecule has 0 saturated heterocycles. The molecule has 0 fully saturated rings. The summed E-state index contributed by atoms with van der Waals surface area (Å²) in [5, 5.41) is 0. The molecule has 10 heteroatoms. The minimum Gasteiger partial charge on any atom is -0.483 e. The van der Waals surface area contributed by atoms with Crippen molar-refractivity contribution in [3.05, 3.63) is 109 Å². The molecule has 47 heavy (non-hydrogen) atoms. The van der Waals surface area contributed by atoms with E-state index in [2.05, 4.69) is 21.7 Å². The Morgan fingerprint density at radius 3 is 1.17 bits per heavy atom. The molecule has 244 valence electrons. The third-order valence-electron chi connectivity index (χ3n) is 7.15. The van der Waals surface area contributed by atoms with E-state index >= 15 is 0 Å². The maximum Gasteiger partial charge on any atom is 0.276 e. The first-order chi connectivity index (χ1) is 23.0. The van der Waals surface area contributed by atoms with Crippen molar-refractivity contribution in [3.63, 3.8) is 0 Å². The van der Waals surface area contributed by atoms with Crippen molar-refractivity contribution in [2.45, 2.75) is 44.9 Å². The molecule has 0 bridgehead atoms. The van der Waals surface area contributed by atoms with Crippen LogP contribution in [0.25, 0.3) is 22.3 Å². The maximum absolute atomic E-state index is 12.2. The molecule has 0 radical (unpaired) electrons. The fourth-order valence-electron chi connectivity index (χ4n) is 4.76. The molecule has 4 aromatic rings. The maximum atomic E-state index is 12.2. The number of amides is 4. The molecule has 4 N–H and O–H groups in total. The van der Waals surface area contributed by atoms with Gasteiger partial charge in [-0.1, -0.05) is 116 Å². The molecule has 0 unspecified atom stereocenters. The number of hydrogen-bond acceptors (Lipinski definition) is 6. The van der Waals surface area contributed by atoms with Crippen molar-refractivity contribution < 1.29 is 28.7 Å². The third-order valence-corrected chi connectivity index (χ3v) is 7.15. The van der Waals surface area contributed by atoms with E-state index in [-0.39, 0.29) is 37.9 Å². The molecule has 0 saturated carbocycles. The zero-order valence-electron chi connectivity index (χ0n) is 26.2.